The molecule has 0 aliphatic carbocycles. The van der Waals surface area contributed by atoms with Crippen LogP contribution in [0.5, 0.6) is 0 Å². The summed E-state index contributed by atoms with van der Waals surface area (Å²) < 4.78 is 5.07. The minimum absolute atomic E-state index is 0.417. The highest BCUT2D eigenvalue weighted by atomic mass is 32.2. The van der Waals surface area contributed by atoms with E-state index >= 15 is 0 Å². The molecule has 0 aliphatic rings. The van der Waals surface area contributed by atoms with Crippen molar-refractivity contribution in [3.8, 4) is 17.6 Å². The number of pyridine rings is 1. The molecule has 0 saturated heterocycles. The minimum Gasteiger partial charge on any atom is -0.338 e. The molecule has 5 nitrogen and oxygen atoms in total. The summed E-state index contributed by atoms with van der Waals surface area (Å²) >= 11 is 1.44. The van der Waals surface area contributed by atoms with E-state index < -0.39 is 0 Å². The second-order valence-corrected chi connectivity index (χ2v) is 4.37. The van der Waals surface area contributed by atoms with E-state index in [-0.39, 0.29) is 0 Å². The van der Waals surface area contributed by atoms with E-state index in [1.807, 2.05) is 25.1 Å². The summed E-state index contributed by atoms with van der Waals surface area (Å²) in [6.45, 7) is 1.98. The molecule has 2 aromatic rings. The van der Waals surface area contributed by atoms with Gasteiger partial charge >= 0.3 is 0 Å². The summed E-state index contributed by atoms with van der Waals surface area (Å²) in [5.74, 6) is 1.97. The van der Waals surface area contributed by atoms with E-state index in [0.29, 0.717) is 28.9 Å². The SMILES string of the molecule is Cc1ccnc(-c2noc(CSCC#N)n2)c1. The first-order chi connectivity index (χ1) is 8.29. The van der Waals surface area contributed by atoms with Crippen LogP contribution in [0.3, 0.4) is 0 Å². The van der Waals surface area contributed by atoms with Gasteiger partial charge in [0.15, 0.2) is 0 Å². The molecule has 2 rings (SSSR count). The molecule has 0 fully saturated rings. The summed E-state index contributed by atoms with van der Waals surface area (Å²) in [7, 11) is 0. The maximum atomic E-state index is 8.41. The molecule has 2 aromatic heterocycles. The normalized spacial score (nSPS) is 10.1. The van der Waals surface area contributed by atoms with Crippen molar-refractivity contribution in [3.05, 3.63) is 29.8 Å². The Bertz CT molecular complexity index is 546. The molecule has 0 spiro atoms. The average Bonchev–Trinajstić information content (AvgIpc) is 2.78. The zero-order valence-corrected chi connectivity index (χ0v) is 10.1. The molecule has 0 unspecified atom stereocenters. The van der Waals surface area contributed by atoms with Crippen LogP contribution in [0.15, 0.2) is 22.9 Å². The molecule has 0 radical (unpaired) electrons. The van der Waals surface area contributed by atoms with Gasteiger partial charge in [-0.05, 0) is 24.6 Å². The van der Waals surface area contributed by atoms with Crippen LogP contribution >= 0.6 is 11.8 Å². The van der Waals surface area contributed by atoms with Crippen LogP contribution in [-0.2, 0) is 5.75 Å². The molecule has 0 aliphatic heterocycles. The fourth-order valence-corrected chi connectivity index (χ4v) is 1.75. The van der Waals surface area contributed by atoms with Gasteiger partial charge in [0.25, 0.3) is 0 Å². The van der Waals surface area contributed by atoms with Crippen LogP contribution in [-0.4, -0.2) is 20.9 Å². The van der Waals surface area contributed by atoms with Gasteiger partial charge in [-0.1, -0.05) is 5.16 Å². The summed E-state index contributed by atoms with van der Waals surface area (Å²) in [6.07, 6.45) is 1.71. The van der Waals surface area contributed by atoms with Crippen molar-refractivity contribution in [2.45, 2.75) is 12.7 Å². The van der Waals surface area contributed by atoms with Crippen LogP contribution in [0.25, 0.3) is 11.5 Å². The fraction of sp³-hybridized carbons (Fsp3) is 0.273. The topological polar surface area (TPSA) is 75.6 Å². The third kappa shape index (κ3) is 3.04. The predicted octanol–water partition coefficient (Wildman–Crippen LogP) is 2.20. The first-order valence-corrected chi connectivity index (χ1v) is 6.15. The first kappa shape index (κ1) is 11.6. The van der Waals surface area contributed by atoms with Gasteiger partial charge in [0.05, 0.1) is 17.6 Å². The summed E-state index contributed by atoms with van der Waals surface area (Å²) in [6, 6.07) is 5.85. The number of rotatable bonds is 4. The van der Waals surface area contributed by atoms with Crippen molar-refractivity contribution >= 4 is 11.8 Å². The molecular formula is C11H10N4OS. The second kappa shape index (κ2) is 5.46. The Kier molecular flexibility index (Phi) is 3.73. The number of aryl methyl sites for hydroxylation is 1. The summed E-state index contributed by atoms with van der Waals surface area (Å²) in [5.41, 5.74) is 1.80. The molecule has 0 N–H and O–H groups in total. The molecule has 0 aromatic carbocycles. The highest BCUT2D eigenvalue weighted by Crippen LogP contribution is 2.16. The highest BCUT2D eigenvalue weighted by Gasteiger charge is 2.09. The maximum absolute atomic E-state index is 8.41. The van der Waals surface area contributed by atoms with E-state index in [0.717, 1.165) is 5.56 Å². The lowest BCUT2D eigenvalue weighted by Crippen LogP contribution is -1.87. The molecule has 6 heteroatoms. The lowest BCUT2D eigenvalue weighted by atomic mass is 10.2. The zero-order chi connectivity index (χ0) is 12.1. The van der Waals surface area contributed by atoms with E-state index in [9.17, 15) is 0 Å². The number of aromatic nitrogens is 3. The highest BCUT2D eigenvalue weighted by molar-refractivity contribution is 7.98. The van der Waals surface area contributed by atoms with E-state index in [4.69, 9.17) is 9.78 Å². The largest absolute Gasteiger partial charge is 0.338 e. The molecule has 0 atom stereocenters. The molecule has 17 heavy (non-hydrogen) atoms. The number of nitriles is 1. The Morgan fingerprint density at radius 3 is 3.18 bits per heavy atom. The molecule has 0 bridgehead atoms. The van der Waals surface area contributed by atoms with Gasteiger partial charge in [0.2, 0.25) is 11.7 Å². The Hall–Kier alpha value is -1.87. The number of nitrogens with zero attached hydrogens (tertiary/aromatic N) is 4. The van der Waals surface area contributed by atoms with Gasteiger partial charge in [0.1, 0.15) is 5.69 Å². The quantitative estimate of drug-likeness (QED) is 0.770. The first-order valence-electron chi connectivity index (χ1n) is 5.00. The third-order valence-electron chi connectivity index (χ3n) is 2.00. The maximum Gasteiger partial charge on any atom is 0.237 e. The predicted molar refractivity (Wildman–Crippen MR) is 64.0 cm³/mol. The lowest BCUT2D eigenvalue weighted by molar-refractivity contribution is 0.391. The van der Waals surface area contributed by atoms with Crippen LogP contribution in [0, 0.1) is 18.3 Å². The Morgan fingerprint density at radius 2 is 2.41 bits per heavy atom. The number of thioether (sulfide) groups is 1. The van der Waals surface area contributed by atoms with Crippen LogP contribution in [0.2, 0.25) is 0 Å². The summed E-state index contributed by atoms with van der Waals surface area (Å²) in [4.78, 5) is 8.40. The van der Waals surface area contributed by atoms with Crippen molar-refractivity contribution in [2.24, 2.45) is 0 Å². The monoisotopic (exact) mass is 246 g/mol. The van der Waals surface area contributed by atoms with Crippen molar-refractivity contribution < 1.29 is 4.52 Å². The van der Waals surface area contributed by atoms with E-state index in [1.165, 1.54) is 11.8 Å². The molecular weight excluding hydrogens is 236 g/mol. The Labute approximate surface area is 103 Å². The smallest absolute Gasteiger partial charge is 0.237 e. The molecule has 86 valence electrons. The number of hydrogen-bond acceptors (Lipinski definition) is 6. The molecule has 0 amide bonds. The average molecular weight is 246 g/mol. The van der Waals surface area contributed by atoms with Crippen molar-refractivity contribution in [2.75, 3.05) is 5.75 Å². The van der Waals surface area contributed by atoms with Crippen molar-refractivity contribution in [1.29, 1.82) is 5.26 Å². The van der Waals surface area contributed by atoms with Crippen LogP contribution < -0.4 is 0 Å². The summed E-state index contributed by atoms with van der Waals surface area (Å²) in [5, 5.41) is 12.3. The van der Waals surface area contributed by atoms with Crippen LogP contribution in [0.4, 0.5) is 0 Å². The standard InChI is InChI=1S/C11H10N4OS/c1-8-2-4-13-9(6-8)11-14-10(16-15-11)7-17-5-3-12/h2,4,6H,5,7H2,1H3. The van der Waals surface area contributed by atoms with Gasteiger partial charge in [-0.2, -0.15) is 10.2 Å². The van der Waals surface area contributed by atoms with Gasteiger partial charge in [-0.25, -0.2) is 0 Å². The van der Waals surface area contributed by atoms with Gasteiger partial charge < -0.3 is 4.52 Å². The Morgan fingerprint density at radius 1 is 1.53 bits per heavy atom. The van der Waals surface area contributed by atoms with Crippen LogP contribution in [0.1, 0.15) is 11.5 Å². The van der Waals surface area contributed by atoms with Gasteiger partial charge in [0, 0.05) is 6.20 Å². The zero-order valence-electron chi connectivity index (χ0n) is 9.25. The van der Waals surface area contributed by atoms with Gasteiger partial charge in [-0.15, -0.1) is 11.8 Å². The number of hydrogen-bond donors (Lipinski definition) is 0. The Balaban J connectivity index is 2.10. The lowest BCUT2D eigenvalue weighted by Gasteiger charge is -1.94. The van der Waals surface area contributed by atoms with Crippen molar-refractivity contribution in [3.63, 3.8) is 0 Å². The third-order valence-corrected chi connectivity index (χ3v) is 2.79. The fourth-order valence-electron chi connectivity index (χ4n) is 1.26. The molecule has 2 heterocycles. The van der Waals surface area contributed by atoms with Crippen molar-refractivity contribution in [1.82, 2.24) is 15.1 Å². The van der Waals surface area contributed by atoms with Gasteiger partial charge in [-0.3, -0.25) is 4.98 Å². The minimum atomic E-state index is 0.417. The van der Waals surface area contributed by atoms with E-state index in [1.54, 1.807) is 6.20 Å². The second-order valence-electron chi connectivity index (χ2n) is 3.38. The molecule has 0 saturated carbocycles. The van der Waals surface area contributed by atoms with E-state index in [2.05, 4.69) is 15.1 Å².